The van der Waals surface area contributed by atoms with Crippen molar-refractivity contribution in [2.45, 2.75) is 81.1 Å². The van der Waals surface area contributed by atoms with Gasteiger partial charge in [0.2, 0.25) is 0 Å². The van der Waals surface area contributed by atoms with Crippen LogP contribution in [0.3, 0.4) is 0 Å². The van der Waals surface area contributed by atoms with Crippen LogP contribution in [-0.2, 0) is 0 Å². The minimum absolute atomic E-state index is 0.0953. The van der Waals surface area contributed by atoms with Gasteiger partial charge in [-0.1, -0.05) is 55.4 Å². The van der Waals surface area contributed by atoms with Crippen LogP contribution in [0.2, 0.25) is 0 Å². The van der Waals surface area contributed by atoms with Crippen LogP contribution >= 0.6 is 0 Å². The van der Waals surface area contributed by atoms with E-state index in [-0.39, 0.29) is 11.4 Å². The summed E-state index contributed by atoms with van der Waals surface area (Å²) < 4.78 is 17.6. The highest BCUT2D eigenvalue weighted by molar-refractivity contribution is 5.35. The maximum Gasteiger partial charge on any atom is 0.269 e. The number of ether oxygens (including phenoxy) is 1. The molecule has 0 spiro atoms. The minimum Gasteiger partial charge on any atom is -0.494 e. The van der Waals surface area contributed by atoms with Gasteiger partial charge in [-0.2, -0.15) is 0 Å². The van der Waals surface area contributed by atoms with Gasteiger partial charge in [0.05, 0.1) is 16.5 Å². The number of benzene rings is 2. The lowest BCUT2D eigenvalue weighted by molar-refractivity contribution is -0.385. The smallest absolute Gasteiger partial charge is 0.269 e. The van der Waals surface area contributed by atoms with Crippen molar-refractivity contribution in [3.05, 3.63) is 74.6 Å². The molecule has 10 nitrogen and oxygen atoms in total. The van der Waals surface area contributed by atoms with E-state index < -0.39 is 15.7 Å². The summed E-state index contributed by atoms with van der Waals surface area (Å²) in [6.45, 7) is 24.1. The number of nitro benzene ring substituents is 2. The fraction of sp³-hybridized carbons (Fsp3) is 0.625. The van der Waals surface area contributed by atoms with Crippen LogP contribution in [0.1, 0.15) is 81.1 Å². The van der Waals surface area contributed by atoms with Crippen LogP contribution in [0.25, 0.3) is 0 Å². The van der Waals surface area contributed by atoms with Crippen molar-refractivity contribution in [2.24, 2.45) is 0 Å². The SMILES string of the molecule is CC.CC.CC.CC.O=[N+]([O-])c1ccc(F)cc1.O=[N+]([O-])c1ccc(OCCCN2CCC2)cc1.OCCCN1CCC1. The maximum absolute atomic E-state index is 12.1. The predicted molar refractivity (Wildman–Crippen MR) is 175 cm³/mol. The summed E-state index contributed by atoms with van der Waals surface area (Å²) >= 11 is 0. The Morgan fingerprint density at radius 2 is 1.07 bits per heavy atom. The van der Waals surface area contributed by atoms with E-state index >= 15 is 0 Å². The topological polar surface area (TPSA) is 122 Å². The normalized spacial score (nSPS) is 12.6. The molecular weight excluding hydrogens is 555 g/mol. The lowest BCUT2D eigenvalue weighted by atomic mass is 10.2. The highest BCUT2D eigenvalue weighted by Crippen LogP contribution is 2.17. The molecule has 2 aliphatic heterocycles. The molecule has 11 heteroatoms. The number of halogens is 1. The molecule has 2 aromatic rings. The van der Waals surface area contributed by atoms with Gasteiger partial charge in [0.25, 0.3) is 11.4 Å². The standard InChI is InChI=1S/C12H16N2O3.C6H4FNO2.C6H13NO.4C2H6/c15-14(16)11-3-5-12(6-4-11)17-10-2-9-13-7-1-8-13;7-5-1-3-6(4-2-5)8(9)10;8-6-2-5-7-3-1-4-7;4*1-2/h3-6H,1-2,7-10H2;1-4H;8H,1-6H2;4*1-2H3. The van der Waals surface area contributed by atoms with Gasteiger partial charge in [0, 0.05) is 44.0 Å². The molecule has 0 amide bonds. The zero-order valence-corrected chi connectivity index (χ0v) is 27.8. The zero-order chi connectivity index (χ0) is 33.5. The third kappa shape index (κ3) is 23.0. The molecule has 2 aromatic carbocycles. The largest absolute Gasteiger partial charge is 0.494 e. The summed E-state index contributed by atoms with van der Waals surface area (Å²) in [5.41, 5.74) is -0.000621. The maximum atomic E-state index is 12.1. The summed E-state index contributed by atoms with van der Waals surface area (Å²) in [5.74, 6) is 0.227. The van der Waals surface area contributed by atoms with Crippen molar-refractivity contribution in [1.29, 1.82) is 0 Å². The Hall–Kier alpha value is -3.15. The van der Waals surface area contributed by atoms with E-state index in [0.717, 1.165) is 50.2 Å². The minimum atomic E-state index is -0.570. The van der Waals surface area contributed by atoms with Crippen LogP contribution in [0.15, 0.2) is 48.5 Å². The van der Waals surface area contributed by atoms with Gasteiger partial charge >= 0.3 is 0 Å². The average molecular weight is 613 g/mol. The van der Waals surface area contributed by atoms with Crippen LogP contribution in [0.4, 0.5) is 15.8 Å². The van der Waals surface area contributed by atoms with E-state index in [1.54, 1.807) is 12.1 Å². The van der Waals surface area contributed by atoms with Gasteiger partial charge in [-0.25, -0.2) is 4.39 Å². The monoisotopic (exact) mass is 612 g/mol. The van der Waals surface area contributed by atoms with Crippen molar-refractivity contribution in [1.82, 2.24) is 9.80 Å². The van der Waals surface area contributed by atoms with E-state index in [4.69, 9.17) is 9.84 Å². The Bertz CT molecular complexity index is 894. The van der Waals surface area contributed by atoms with Crippen molar-refractivity contribution >= 4 is 11.4 Å². The van der Waals surface area contributed by atoms with Gasteiger partial charge in [-0.3, -0.25) is 20.2 Å². The van der Waals surface area contributed by atoms with E-state index in [9.17, 15) is 24.6 Å². The third-order valence-corrected chi connectivity index (χ3v) is 5.50. The second kappa shape index (κ2) is 31.8. The fourth-order valence-corrected chi connectivity index (χ4v) is 3.21. The second-order valence-electron chi connectivity index (χ2n) is 8.15. The zero-order valence-electron chi connectivity index (χ0n) is 27.8. The predicted octanol–water partition coefficient (Wildman–Crippen LogP) is 7.98. The molecule has 0 unspecified atom stereocenters. The van der Waals surface area contributed by atoms with Gasteiger partial charge in [0.1, 0.15) is 11.6 Å². The van der Waals surface area contributed by atoms with Crippen LogP contribution in [-0.4, -0.2) is 77.2 Å². The first kappa shape index (κ1) is 44.3. The molecule has 2 saturated heterocycles. The van der Waals surface area contributed by atoms with Gasteiger partial charge in [-0.15, -0.1) is 0 Å². The van der Waals surface area contributed by atoms with Gasteiger partial charge in [0.15, 0.2) is 0 Å². The molecular formula is C32H57FN4O6. The van der Waals surface area contributed by atoms with Gasteiger partial charge in [-0.05, 0) is 76.1 Å². The van der Waals surface area contributed by atoms with Crippen molar-refractivity contribution in [3.63, 3.8) is 0 Å². The quantitative estimate of drug-likeness (QED) is 0.163. The summed E-state index contributed by atoms with van der Waals surface area (Å²) in [7, 11) is 0. The number of hydrogen-bond acceptors (Lipinski definition) is 8. The van der Waals surface area contributed by atoms with Crippen molar-refractivity contribution in [2.75, 3.05) is 52.5 Å². The second-order valence-corrected chi connectivity index (χ2v) is 8.15. The van der Waals surface area contributed by atoms with Crippen molar-refractivity contribution in [3.8, 4) is 5.75 Å². The van der Waals surface area contributed by atoms with E-state index in [0.29, 0.717) is 19.0 Å². The molecule has 2 heterocycles. The number of likely N-dealkylation sites (tertiary alicyclic amines) is 2. The highest BCUT2D eigenvalue weighted by atomic mass is 19.1. The number of nitro groups is 2. The summed E-state index contributed by atoms with van der Waals surface area (Å²) in [6, 6.07) is 10.6. The summed E-state index contributed by atoms with van der Waals surface area (Å²) in [4.78, 5) is 24.2. The molecule has 0 aliphatic carbocycles. The number of non-ortho nitro benzene ring substituents is 2. The lowest BCUT2D eigenvalue weighted by Crippen LogP contribution is -2.38. The summed E-state index contributed by atoms with van der Waals surface area (Å²) in [5, 5.41) is 28.8. The molecule has 0 aromatic heterocycles. The first-order valence-electron chi connectivity index (χ1n) is 15.7. The molecule has 0 bridgehead atoms. The molecule has 248 valence electrons. The number of nitrogens with zero attached hydrogens (tertiary/aromatic N) is 4. The van der Waals surface area contributed by atoms with Crippen LogP contribution in [0, 0.1) is 26.0 Å². The third-order valence-electron chi connectivity index (χ3n) is 5.50. The highest BCUT2D eigenvalue weighted by Gasteiger charge is 2.12. The molecule has 2 fully saturated rings. The Morgan fingerprint density at radius 1 is 0.698 bits per heavy atom. The molecule has 1 N–H and O–H groups in total. The lowest BCUT2D eigenvalue weighted by Gasteiger charge is -2.30. The van der Waals surface area contributed by atoms with Crippen molar-refractivity contribution < 1.29 is 24.1 Å². The Kier molecular flexibility index (Phi) is 32.7. The molecule has 2 aliphatic rings. The first-order chi connectivity index (χ1) is 20.9. The molecule has 0 saturated carbocycles. The van der Waals surface area contributed by atoms with Gasteiger partial charge < -0.3 is 19.6 Å². The average Bonchev–Trinajstić information content (AvgIpc) is 3.01. The van der Waals surface area contributed by atoms with Crippen LogP contribution < -0.4 is 4.74 Å². The number of hydrogen-bond donors (Lipinski definition) is 1. The molecule has 4 rings (SSSR count). The number of rotatable bonds is 10. The van der Waals surface area contributed by atoms with Crippen LogP contribution in [0.5, 0.6) is 5.75 Å². The number of aliphatic hydroxyl groups excluding tert-OH is 1. The fourth-order valence-electron chi connectivity index (χ4n) is 3.21. The van der Waals surface area contributed by atoms with E-state index in [1.165, 1.54) is 51.2 Å². The molecule has 43 heavy (non-hydrogen) atoms. The van der Waals surface area contributed by atoms with E-state index in [2.05, 4.69) is 9.80 Å². The molecule has 0 atom stereocenters. The number of aliphatic hydroxyl groups is 1. The Balaban J connectivity index is -0.000000529. The Morgan fingerprint density at radius 3 is 1.40 bits per heavy atom. The summed E-state index contributed by atoms with van der Waals surface area (Å²) in [6.07, 6.45) is 4.60. The first-order valence-corrected chi connectivity index (χ1v) is 15.7. The molecule has 0 radical (unpaired) electrons. The van der Waals surface area contributed by atoms with E-state index in [1.807, 2.05) is 55.4 Å². The Labute approximate surface area is 259 Å².